The van der Waals surface area contributed by atoms with Gasteiger partial charge in [-0.3, -0.25) is 44.5 Å². The molecule has 8 N–H and O–H groups in total. The van der Waals surface area contributed by atoms with Crippen LogP contribution >= 0.6 is 0 Å². The molecule has 4 aromatic heterocycles. The number of anilines is 8. The summed E-state index contributed by atoms with van der Waals surface area (Å²) in [6.45, 7) is 33.9. The van der Waals surface area contributed by atoms with Crippen LogP contribution in [0, 0.1) is 6.92 Å². The van der Waals surface area contributed by atoms with Gasteiger partial charge < -0.3 is 50.8 Å². The SMILES string of the molecule is CCC(=O)Nc1cc(C(C)(C)C)cc(NC(=O)Nc2ccc(-c3ccc(CN4CCOCC4)nc3)c3ccccc23)c1OC.COc1c(NC(=O)Nc2ccc(-c3ccc(CN4CCCCC4)nc3)c3ccccc23)cc(C(C)(C)C)cc1NS(C)(=O)=O.Cc1ccc(-n2nc(C(C)(C)C)cc2NC(=O)Nc2ccc(-c3ccc(CN4CCOCC4)nc3)c3ccccc23)cc1. The zero-order chi connectivity index (χ0) is 92.7. The summed E-state index contributed by atoms with van der Waals surface area (Å²) in [7, 11) is -0.636. The molecule has 0 radical (unpaired) electrons. The fourth-order valence-corrected chi connectivity index (χ4v) is 16.8. The minimum absolute atomic E-state index is 0.140. The number of hydrogen-bond donors (Lipinski definition) is 8. The average molecular weight is 1790 g/mol. The van der Waals surface area contributed by atoms with Gasteiger partial charge >= 0.3 is 18.1 Å². The van der Waals surface area contributed by atoms with Crippen LogP contribution in [0.4, 0.5) is 60.0 Å². The van der Waals surface area contributed by atoms with Crippen LogP contribution in [0.15, 0.2) is 219 Å². The number of benzene rings is 9. The van der Waals surface area contributed by atoms with Gasteiger partial charge in [-0.1, -0.05) is 203 Å². The highest BCUT2D eigenvalue weighted by atomic mass is 32.2. The lowest BCUT2D eigenvalue weighted by molar-refractivity contribution is -0.115. The highest BCUT2D eigenvalue weighted by molar-refractivity contribution is 7.92. The monoisotopic (exact) mass is 1780 g/mol. The Morgan fingerprint density at radius 3 is 1.12 bits per heavy atom. The van der Waals surface area contributed by atoms with Crippen molar-refractivity contribution in [1.29, 1.82) is 0 Å². The van der Waals surface area contributed by atoms with Crippen LogP contribution < -0.4 is 51.4 Å². The third kappa shape index (κ3) is 24.3. The number of sulfonamides is 1. The molecule has 3 aliphatic rings. The van der Waals surface area contributed by atoms with Gasteiger partial charge in [0.15, 0.2) is 11.5 Å². The number of carbonyl (C=O) groups is 4. The number of aromatic nitrogens is 5. The maximum atomic E-state index is 13.4. The zero-order valence-electron chi connectivity index (χ0n) is 77.4. The Morgan fingerprint density at radius 1 is 0.405 bits per heavy atom. The van der Waals surface area contributed by atoms with Crippen molar-refractivity contribution in [1.82, 2.24) is 39.4 Å². The van der Waals surface area contributed by atoms with Gasteiger partial charge in [-0.05, 0) is 160 Å². The van der Waals surface area contributed by atoms with E-state index in [2.05, 4.69) is 141 Å². The van der Waals surface area contributed by atoms with Crippen LogP contribution in [0.2, 0.25) is 0 Å². The van der Waals surface area contributed by atoms with E-state index in [1.807, 2.05) is 192 Å². The first-order valence-electron chi connectivity index (χ1n) is 44.7. The molecular formula is C104H120N16O10S. The molecular weight excluding hydrogens is 1670 g/mol. The van der Waals surface area contributed by atoms with E-state index in [0.29, 0.717) is 46.4 Å². The second-order valence-corrected chi connectivity index (χ2v) is 38.2. The maximum Gasteiger partial charge on any atom is 0.324 e. The summed E-state index contributed by atoms with van der Waals surface area (Å²) in [6.07, 6.45) is 11.0. The molecule has 0 unspecified atom stereocenters. The van der Waals surface area contributed by atoms with Crippen molar-refractivity contribution in [2.45, 2.75) is 138 Å². The molecule has 3 fully saturated rings. The number of morpholine rings is 2. The van der Waals surface area contributed by atoms with E-state index in [1.54, 1.807) is 23.7 Å². The molecule has 0 spiro atoms. The fourth-order valence-electron chi connectivity index (χ4n) is 16.2. The normalized spacial score (nSPS) is 14.1. The molecule has 16 rings (SSSR count). The van der Waals surface area contributed by atoms with Crippen LogP contribution in [0.5, 0.6) is 11.5 Å². The van der Waals surface area contributed by atoms with Gasteiger partial charge in [0.05, 0.1) is 115 Å². The van der Waals surface area contributed by atoms with Crippen LogP contribution in [0.1, 0.15) is 134 Å². The Morgan fingerprint density at radius 2 is 0.763 bits per heavy atom. The lowest BCUT2D eigenvalue weighted by atomic mass is 9.86. The van der Waals surface area contributed by atoms with Crippen molar-refractivity contribution in [2.75, 3.05) is 128 Å². The Bertz CT molecular complexity index is 6350. The topological polar surface area (TPSA) is 302 Å². The lowest BCUT2D eigenvalue weighted by Crippen LogP contribution is -2.35. The first-order valence-corrected chi connectivity index (χ1v) is 46.6. The van der Waals surface area contributed by atoms with E-state index in [4.69, 9.17) is 39.0 Å². The largest absolute Gasteiger partial charge is 0.492 e. The number of piperidine rings is 1. The van der Waals surface area contributed by atoms with Gasteiger partial charge in [0.1, 0.15) is 5.82 Å². The predicted molar refractivity (Wildman–Crippen MR) is 529 cm³/mol. The van der Waals surface area contributed by atoms with Gasteiger partial charge in [0.25, 0.3) is 0 Å². The van der Waals surface area contributed by atoms with Gasteiger partial charge in [0, 0.05) is 115 Å². The van der Waals surface area contributed by atoms with Crippen molar-refractivity contribution >= 4 is 112 Å². The number of urea groups is 3. The van der Waals surface area contributed by atoms with Crippen LogP contribution in [0.25, 0.3) is 71.4 Å². The second kappa shape index (κ2) is 41.7. The minimum Gasteiger partial charge on any atom is -0.492 e. The number of methoxy groups -OCH3 is 2. The summed E-state index contributed by atoms with van der Waals surface area (Å²) in [5.74, 6) is 1.07. The molecule has 3 saturated heterocycles. The lowest BCUT2D eigenvalue weighted by Gasteiger charge is -2.26. The number of pyridine rings is 3. The number of nitrogens with one attached hydrogen (secondary N) is 8. The summed E-state index contributed by atoms with van der Waals surface area (Å²) in [5, 5.41) is 31.5. The van der Waals surface area contributed by atoms with E-state index in [0.717, 1.165) is 208 Å². The predicted octanol–water partition coefficient (Wildman–Crippen LogP) is 21.4. The van der Waals surface area contributed by atoms with Crippen LogP contribution in [-0.4, -0.2) is 158 Å². The number of likely N-dealkylation sites (tertiary alicyclic amines) is 1. The number of carbonyl (C=O) groups excluding carboxylic acids is 4. The van der Waals surface area contributed by atoms with Crippen molar-refractivity contribution < 1.29 is 46.5 Å². The van der Waals surface area contributed by atoms with Gasteiger partial charge in [0.2, 0.25) is 15.9 Å². The number of nitrogens with zero attached hydrogens (tertiary/aromatic N) is 8. The molecule has 3 aliphatic heterocycles. The highest BCUT2D eigenvalue weighted by Crippen LogP contribution is 2.44. The number of ether oxygens (including phenoxy) is 4. The van der Waals surface area contributed by atoms with Crippen molar-refractivity contribution in [3.05, 3.63) is 258 Å². The molecule has 131 heavy (non-hydrogen) atoms. The third-order valence-corrected chi connectivity index (χ3v) is 24.0. The van der Waals surface area contributed by atoms with Crippen molar-refractivity contribution in [3.8, 4) is 50.6 Å². The fraction of sp³-hybridized carbons (Fsp3) is 0.327. The van der Waals surface area contributed by atoms with E-state index >= 15 is 0 Å². The molecule has 9 aromatic carbocycles. The van der Waals surface area contributed by atoms with Gasteiger partial charge in [-0.2, -0.15) is 5.10 Å². The average Bonchev–Trinajstić information content (AvgIpc) is 1.79. The summed E-state index contributed by atoms with van der Waals surface area (Å²) < 4.78 is 50.6. The van der Waals surface area contributed by atoms with Crippen molar-refractivity contribution in [3.63, 3.8) is 0 Å². The number of amides is 7. The third-order valence-electron chi connectivity index (χ3n) is 23.4. The van der Waals surface area contributed by atoms with Gasteiger partial charge in [-0.25, -0.2) is 27.5 Å². The Kier molecular flexibility index (Phi) is 29.9. The standard InChI is InChI=1S/C35H38N6O2.C35H41N5O4.C34H41N5O4S/c1-24-9-13-27(14-10-24)41-33(21-32(39-41)35(2,3)4)38-34(42)37-31-16-15-28(29-7-5-6-8-30(29)31)25-11-12-26(36-22-25)23-40-17-19-43-20-18-40;1-6-32(41)37-30-19-24(35(2,3)4)20-31(33(30)43-5)39-34(42)38-29-14-13-26(27-9-7-8-10-28(27)29)23-11-12-25(36-21-23)22-40-15-17-44-18-16-40;1-34(2,3)24-19-30(32(43-4)31(20-24)38-44(5,41)42)37-33(40)36-29-16-15-26(27-11-7-8-12-28(27)29)23-13-14-25(35-21-23)22-39-17-9-6-10-18-39/h5-16,21-22H,17-20,23H2,1-4H3,(H2,37,38,42);7-14,19-21H,6,15-18,22H2,1-5H3,(H,37,41)(H2,38,39,42);7-8,11-16,19-21,38H,6,9-10,17-18,22H2,1-5H3,(H2,36,37,40). The molecule has 7 amide bonds. The van der Waals surface area contributed by atoms with E-state index in [1.165, 1.54) is 33.5 Å². The smallest absolute Gasteiger partial charge is 0.324 e. The highest BCUT2D eigenvalue weighted by Gasteiger charge is 2.28. The Labute approximate surface area is 768 Å². The number of rotatable bonds is 22. The summed E-state index contributed by atoms with van der Waals surface area (Å²) in [6, 6.07) is 64.6. The molecule has 0 atom stereocenters. The molecule has 26 nitrogen and oxygen atoms in total. The first kappa shape index (κ1) is 94.0. The summed E-state index contributed by atoms with van der Waals surface area (Å²) in [4.78, 5) is 73.9. The molecule has 27 heteroatoms. The molecule has 0 aliphatic carbocycles. The van der Waals surface area contributed by atoms with Crippen molar-refractivity contribution in [2.24, 2.45) is 0 Å². The van der Waals surface area contributed by atoms with E-state index in [9.17, 15) is 27.6 Å². The maximum absolute atomic E-state index is 13.4. The minimum atomic E-state index is -3.59. The summed E-state index contributed by atoms with van der Waals surface area (Å²) >= 11 is 0. The summed E-state index contributed by atoms with van der Waals surface area (Å²) in [5.41, 5.74) is 16.9. The van der Waals surface area contributed by atoms with E-state index < -0.39 is 22.1 Å². The molecule has 0 bridgehead atoms. The Balaban J connectivity index is 0.000000158. The molecule has 13 aromatic rings. The molecule has 682 valence electrons. The van der Waals surface area contributed by atoms with Crippen LogP contribution in [-0.2, 0) is 60.2 Å². The number of hydrogen-bond acceptors (Lipinski definition) is 17. The quantitative estimate of drug-likeness (QED) is 0.0313. The molecule has 0 saturated carbocycles. The van der Waals surface area contributed by atoms with Crippen LogP contribution in [0.3, 0.4) is 0 Å². The first-order chi connectivity index (χ1) is 62.8. The Hall–Kier alpha value is -13.2. The second-order valence-electron chi connectivity index (χ2n) is 36.5. The van der Waals surface area contributed by atoms with E-state index in [-0.39, 0.29) is 39.6 Å². The number of fused-ring (bicyclic) bond motifs is 3. The zero-order valence-corrected chi connectivity index (χ0v) is 78.2. The van der Waals surface area contributed by atoms with Gasteiger partial charge in [-0.15, -0.1) is 0 Å². The molecule has 7 heterocycles. The number of aryl methyl sites for hydroxylation is 1.